The molecule has 6 nitrogen and oxygen atoms in total. The van der Waals surface area contributed by atoms with Gasteiger partial charge in [-0.2, -0.15) is 0 Å². The minimum Gasteiger partial charge on any atom is -0.361 e. The number of benzene rings is 1. The Bertz CT molecular complexity index is 761. The van der Waals surface area contributed by atoms with Crippen LogP contribution in [-0.4, -0.2) is 55.5 Å². The molecule has 0 aliphatic rings. The molecule has 0 saturated heterocycles. The molecule has 1 aromatic carbocycles. The van der Waals surface area contributed by atoms with Crippen molar-refractivity contribution in [3.05, 3.63) is 35.5 Å². The van der Waals surface area contributed by atoms with Gasteiger partial charge in [-0.05, 0) is 36.5 Å². The summed E-state index contributed by atoms with van der Waals surface area (Å²) in [5.74, 6) is 1.18. The van der Waals surface area contributed by atoms with Crippen LogP contribution in [0.3, 0.4) is 0 Å². The van der Waals surface area contributed by atoms with Crippen LogP contribution in [-0.2, 0) is 11.2 Å². The number of H-pyrrole nitrogens is 1. The molecule has 1 amide bonds. The first-order valence-electron chi connectivity index (χ1n) is 9.16. The number of guanidine groups is 1. The molecule has 0 aliphatic carbocycles. The van der Waals surface area contributed by atoms with Crippen LogP contribution in [0.1, 0.15) is 25.0 Å². The molecule has 6 heteroatoms. The number of fused-ring (bicyclic) bond motifs is 1. The molecule has 2 aromatic rings. The average Bonchev–Trinajstić information content (AvgIpc) is 3.00. The fourth-order valence-electron chi connectivity index (χ4n) is 2.73. The summed E-state index contributed by atoms with van der Waals surface area (Å²) in [5.41, 5.74) is 3.74. The van der Waals surface area contributed by atoms with E-state index in [0.29, 0.717) is 11.9 Å². The van der Waals surface area contributed by atoms with Gasteiger partial charge in [0.2, 0.25) is 5.91 Å². The van der Waals surface area contributed by atoms with E-state index in [-0.39, 0.29) is 12.5 Å². The van der Waals surface area contributed by atoms with E-state index in [1.54, 1.807) is 19.0 Å². The summed E-state index contributed by atoms with van der Waals surface area (Å²) >= 11 is 0. The van der Waals surface area contributed by atoms with E-state index < -0.39 is 0 Å². The van der Waals surface area contributed by atoms with Gasteiger partial charge >= 0.3 is 0 Å². The number of hydrogen-bond donors (Lipinski definition) is 3. The van der Waals surface area contributed by atoms with Crippen LogP contribution >= 0.6 is 0 Å². The number of aliphatic imine (C=N–C) groups is 1. The van der Waals surface area contributed by atoms with Crippen molar-refractivity contribution in [1.29, 1.82) is 0 Å². The van der Waals surface area contributed by atoms with Crippen LogP contribution in [0.2, 0.25) is 0 Å². The number of carbonyl (C=O) groups excluding carboxylic acids is 1. The molecule has 0 unspecified atom stereocenters. The lowest BCUT2D eigenvalue weighted by Gasteiger charge is -2.15. The number of likely N-dealkylation sites (N-methyl/N-ethyl adjacent to an activating group) is 1. The van der Waals surface area contributed by atoms with E-state index in [1.165, 1.54) is 22.0 Å². The van der Waals surface area contributed by atoms with E-state index in [1.807, 2.05) is 0 Å². The van der Waals surface area contributed by atoms with E-state index in [4.69, 9.17) is 0 Å². The molecule has 0 atom stereocenters. The lowest BCUT2D eigenvalue weighted by atomic mass is 10.1. The first kappa shape index (κ1) is 19.8. The molecule has 0 spiro atoms. The number of aryl methyl sites for hydroxylation is 1. The molecular formula is C20H31N5O. The molecule has 0 aliphatic heterocycles. The lowest BCUT2D eigenvalue weighted by molar-refractivity contribution is -0.127. The van der Waals surface area contributed by atoms with E-state index in [9.17, 15) is 4.79 Å². The van der Waals surface area contributed by atoms with Crippen molar-refractivity contribution in [3.8, 4) is 0 Å². The molecule has 3 N–H and O–H groups in total. The topological polar surface area (TPSA) is 72.5 Å². The monoisotopic (exact) mass is 357 g/mol. The molecule has 142 valence electrons. The van der Waals surface area contributed by atoms with Gasteiger partial charge in [-0.1, -0.05) is 26.0 Å². The molecule has 0 saturated carbocycles. The van der Waals surface area contributed by atoms with Crippen molar-refractivity contribution in [1.82, 2.24) is 20.5 Å². The Hall–Kier alpha value is -2.50. The summed E-state index contributed by atoms with van der Waals surface area (Å²) in [4.78, 5) is 21.1. The van der Waals surface area contributed by atoms with Crippen LogP contribution in [0.5, 0.6) is 0 Å². The van der Waals surface area contributed by atoms with Gasteiger partial charge in [-0.25, -0.2) is 4.99 Å². The Labute approximate surface area is 156 Å². The van der Waals surface area contributed by atoms with Crippen molar-refractivity contribution in [2.24, 2.45) is 10.9 Å². The third kappa shape index (κ3) is 5.51. The Morgan fingerprint density at radius 3 is 2.73 bits per heavy atom. The molecular weight excluding hydrogens is 326 g/mol. The number of aromatic amines is 1. The highest BCUT2D eigenvalue weighted by Crippen LogP contribution is 2.22. The normalized spacial score (nSPS) is 11.8. The van der Waals surface area contributed by atoms with Crippen LogP contribution in [0.15, 0.2) is 29.4 Å². The fourth-order valence-corrected chi connectivity index (χ4v) is 2.73. The maximum atomic E-state index is 11.8. The molecule has 1 aromatic heterocycles. The second-order valence-corrected chi connectivity index (χ2v) is 7.22. The minimum atomic E-state index is -0.0112. The van der Waals surface area contributed by atoms with Gasteiger partial charge in [0.05, 0.1) is 0 Å². The maximum Gasteiger partial charge on any atom is 0.243 e. The van der Waals surface area contributed by atoms with Crippen molar-refractivity contribution in [3.63, 3.8) is 0 Å². The number of amides is 1. The van der Waals surface area contributed by atoms with Crippen molar-refractivity contribution in [2.75, 3.05) is 33.7 Å². The predicted molar refractivity (Wildman–Crippen MR) is 109 cm³/mol. The van der Waals surface area contributed by atoms with Crippen LogP contribution in [0.25, 0.3) is 10.9 Å². The van der Waals surface area contributed by atoms with Gasteiger partial charge in [-0.15, -0.1) is 0 Å². The molecule has 2 rings (SSSR count). The summed E-state index contributed by atoms with van der Waals surface area (Å²) in [6.45, 7) is 8.13. The number of rotatable bonds is 7. The molecule has 0 fully saturated rings. The van der Waals surface area contributed by atoms with E-state index >= 15 is 0 Å². The Morgan fingerprint density at radius 2 is 2.04 bits per heavy atom. The highest BCUT2D eigenvalue weighted by atomic mass is 16.2. The average molecular weight is 358 g/mol. The van der Waals surface area contributed by atoms with Gasteiger partial charge in [-0.3, -0.25) is 4.79 Å². The van der Waals surface area contributed by atoms with E-state index in [0.717, 1.165) is 19.5 Å². The van der Waals surface area contributed by atoms with Crippen molar-refractivity contribution < 1.29 is 4.79 Å². The van der Waals surface area contributed by atoms with Crippen molar-refractivity contribution >= 4 is 22.8 Å². The van der Waals surface area contributed by atoms with Gasteiger partial charge in [0.25, 0.3) is 0 Å². The number of hydrogen-bond acceptors (Lipinski definition) is 2. The summed E-state index contributed by atoms with van der Waals surface area (Å²) in [6.07, 6.45) is 2.96. The quantitative estimate of drug-likeness (QED) is 0.526. The van der Waals surface area contributed by atoms with Crippen LogP contribution < -0.4 is 10.6 Å². The van der Waals surface area contributed by atoms with Crippen LogP contribution in [0.4, 0.5) is 0 Å². The SMILES string of the molecule is Cc1cccc2[nH]cc(CCNC(=NCC(=O)N(C)C)NCC(C)C)c12. The second-order valence-electron chi connectivity index (χ2n) is 7.22. The summed E-state index contributed by atoms with van der Waals surface area (Å²) in [6, 6.07) is 6.30. The third-order valence-electron chi connectivity index (χ3n) is 4.23. The molecule has 1 heterocycles. The largest absolute Gasteiger partial charge is 0.361 e. The fraction of sp³-hybridized carbons (Fsp3) is 0.500. The smallest absolute Gasteiger partial charge is 0.243 e. The summed E-state index contributed by atoms with van der Waals surface area (Å²) < 4.78 is 0. The molecule has 0 bridgehead atoms. The zero-order chi connectivity index (χ0) is 19.1. The predicted octanol–water partition coefficient (Wildman–Crippen LogP) is 2.30. The Balaban J connectivity index is 1.99. The highest BCUT2D eigenvalue weighted by Gasteiger charge is 2.08. The maximum absolute atomic E-state index is 11.8. The number of carbonyl (C=O) groups is 1. The second kappa shape index (κ2) is 9.27. The zero-order valence-corrected chi connectivity index (χ0v) is 16.5. The van der Waals surface area contributed by atoms with Gasteiger partial charge in [0, 0.05) is 44.3 Å². The highest BCUT2D eigenvalue weighted by molar-refractivity contribution is 5.87. The summed E-state index contributed by atoms with van der Waals surface area (Å²) in [7, 11) is 3.48. The lowest BCUT2D eigenvalue weighted by Crippen LogP contribution is -2.41. The van der Waals surface area contributed by atoms with Crippen molar-refractivity contribution in [2.45, 2.75) is 27.2 Å². The third-order valence-corrected chi connectivity index (χ3v) is 4.23. The van der Waals surface area contributed by atoms with Gasteiger partial charge in [0.15, 0.2) is 5.96 Å². The zero-order valence-electron chi connectivity index (χ0n) is 16.5. The summed E-state index contributed by atoms with van der Waals surface area (Å²) in [5, 5.41) is 7.95. The number of nitrogens with zero attached hydrogens (tertiary/aromatic N) is 2. The minimum absolute atomic E-state index is 0.0112. The van der Waals surface area contributed by atoms with Crippen LogP contribution in [0, 0.1) is 12.8 Å². The number of nitrogens with one attached hydrogen (secondary N) is 3. The Kier molecular flexibility index (Phi) is 7.06. The molecule has 0 radical (unpaired) electrons. The number of aromatic nitrogens is 1. The first-order chi connectivity index (χ1) is 12.4. The van der Waals surface area contributed by atoms with Gasteiger partial charge < -0.3 is 20.5 Å². The Morgan fingerprint density at radius 1 is 1.27 bits per heavy atom. The standard InChI is InChI=1S/C20H31N5O/c1-14(2)11-23-20(24-13-18(26)25(4)5)21-10-9-16-12-22-17-8-6-7-15(3)19(16)17/h6-8,12,14,22H,9-11,13H2,1-5H3,(H2,21,23,24). The molecule has 26 heavy (non-hydrogen) atoms. The van der Waals surface area contributed by atoms with Gasteiger partial charge in [0.1, 0.15) is 6.54 Å². The first-order valence-corrected chi connectivity index (χ1v) is 9.16. The van der Waals surface area contributed by atoms with E-state index in [2.05, 4.69) is 65.8 Å².